The molecule has 0 bridgehead atoms. The summed E-state index contributed by atoms with van der Waals surface area (Å²) < 4.78 is 0. The van der Waals surface area contributed by atoms with Crippen LogP contribution in [0.3, 0.4) is 0 Å². The van der Waals surface area contributed by atoms with Crippen LogP contribution in [0.2, 0.25) is 0 Å². The van der Waals surface area contributed by atoms with Gasteiger partial charge in [0.25, 0.3) is 0 Å². The highest BCUT2D eigenvalue weighted by Crippen LogP contribution is 2.54. The van der Waals surface area contributed by atoms with Crippen molar-refractivity contribution in [2.45, 2.75) is 25.7 Å². The topological polar surface area (TPSA) is 20.2 Å². The Labute approximate surface area is 79.4 Å². The van der Waals surface area contributed by atoms with E-state index < -0.39 is 0 Å². The van der Waals surface area contributed by atoms with E-state index in [9.17, 15) is 5.11 Å². The average molecular weight is 176 g/mol. The molecular weight excluding hydrogens is 160 g/mol. The van der Waals surface area contributed by atoms with Gasteiger partial charge in [-0.05, 0) is 30.4 Å². The Morgan fingerprint density at radius 1 is 1.46 bits per heavy atom. The lowest BCUT2D eigenvalue weighted by atomic mass is 9.91. The smallest absolute Gasteiger partial charge is 0.0530 e. The molecule has 0 aromatic heterocycles. The van der Waals surface area contributed by atoms with Crippen molar-refractivity contribution in [1.82, 2.24) is 0 Å². The Balaban J connectivity index is 2.41. The SMILES string of the molecule is Cc1ccccc1C1(CO)CC1C. The minimum atomic E-state index is 0.0886. The largest absolute Gasteiger partial charge is 0.395 e. The van der Waals surface area contributed by atoms with E-state index in [1.165, 1.54) is 11.1 Å². The second kappa shape index (κ2) is 2.85. The van der Waals surface area contributed by atoms with E-state index in [2.05, 4.69) is 38.1 Å². The Bertz CT molecular complexity index is 315. The summed E-state index contributed by atoms with van der Waals surface area (Å²) in [6.45, 7) is 4.62. The molecule has 70 valence electrons. The summed E-state index contributed by atoms with van der Waals surface area (Å²) in [6.07, 6.45) is 1.13. The Morgan fingerprint density at radius 3 is 2.54 bits per heavy atom. The van der Waals surface area contributed by atoms with E-state index in [1.54, 1.807) is 0 Å². The fourth-order valence-corrected chi connectivity index (χ4v) is 2.30. The van der Waals surface area contributed by atoms with Gasteiger partial charge in [0.1, 0.15) is 0 Å². The molecule has 1 nitrogen and oxygen atoms in total. The van der Waals surface area contributed by atoms with E-state index in [0.717, 1.165) is 6.42 Å². The number of hydrogen-bond acceptors (Lipinski definition) is 1. The first kappa shape index (κ1) is 8.76. The number of hydrogen-bond donors (Lipinski definition) is 1. The van der Waals surface area contributed by atoms with Crippen LogP contribution in [0.15, 0.2) is 24.3 Å². The quantitative estimate of drug-likeness (QED) is 0.733. The summed E-state index contributed by atoms with van der Waals surface area (Å²) in [5, 5.41) is 9.40. The van der Waals surface area contributed by atoms with Crippen LogP contribution >= 0.6 is 0 Å². The van der Waals surface area contributed by atoms with Crippen LogP contribution in [0.1, 0.15) is 24.5 Å². The van der Waals surface area contributed by atoms with Gasteiger partial charge in [-0.1, -0.05) is 31.2 Å². The molecule has 0 radical (unpaired) electrons. The van der Waals surface area contributed by atoms with Crippen molar-refractivity contribution in [3.05, 3.63) is 35.4 Å². The summed E-state index contributed by atoms with van der Waals surface area (Å²) >= 11 is 0. The molecule has 2 atom stereocenters. The highest BCUT2D eigenvalue weighted by atomic mass is 16.3. The third kappa shape index (κ3) is 1.19. The highest BCUT2D eigenvalue weighted by molar-refractivity contribution is 5.39. The van der Waals surface area contributed by atoms with E-state index in [4.69, 9.17) is 0 Å². The lowest BCUT2D eigenvalue weighted by Gasteiger charge is -2.16. The Kier molecular flexibility index (Phi) is 1.92. The van der Waals surface area contributed by atoms with Crippen molar-refractivity contribution < 1.29 is 5.11 Å². The van der Waals surface area contributed by atoms with Gasteiger partial charge in [0, 0.05) is 5.41 Å². The molecule has 0 amide bonds. The molecule has 1 aliphatic carbocycles. The summed E-state index contributed by atoms with van der Waals surface area (Å²) in [5.41, 5.74) is 2.73. The first-order chi connectivity index (χ1) is 6.20. The summed E-state index contributed by atoms with van der Waals surface area (Å²) in [6, 6.07) is 8.38. The predicted octanol–water partition coefficient (Wildman–Crippen LogP) is 2.26. The van der Waals surface area contributed by atoms with E-state index in [0.29, 0.717) is 12.5 Å². The molecule has 2 rings (SSSR count). The third-order valence-electron chi connectivity index (χ3n) is 3.42. The summed E-state index contributed by atoms with van der Waals surface area (Å²) in [5.74, 6) is 0.638. The maximum Gasteiger partial charge on any atom is 0.0530 e. The molecule has 1 aliphatic rings. The minimum absolute atomic E-state index is 0.0886. The van der Waals surface area contributed by atoms with E-state index in [-0.39, 0.29) is 5.41 Å². The van der Waals surface area contributed by atoms with Crippen LogP contribution in [0, 0.1) is 12.8 Å². The maximum absolute atomic E-state index is 9.40. The van der Waals surface area contributed by atoms with Gasteiger partial charge >= 0.3 is 0 Å². The molecular formula is C12H16O. The van der Waals surface area contributed by atoms with E-state index >= 15 is 0 Å². The van der Waals surface area contributed by atoms with Crippen molar-refractivity contribution in [1.29, 1.82) is 0 Å². The van der Waals surface area contributed by atoms with Gasteiger partial charge in [0.15, 0.2) is 0 Å². The molecule has 1 fully saturated rings. The molecule has 1 aromatic carbocycles. The first-order valence-electron chi connectivity index (χ1n) is 4.87. The summed E-state index contributed by atoms with van der Waals surface area (Å²) in [7, 11) is 0. The normalized spacial score (nSPS) is 31.8. The molecule has 0 spiro atoms. The third-order valence-corrected chi connectivity index (χ3v) is 3.42. The van der Waals surface area contributed by atoms with Gasteiger partial charge in [0.2, 0.25) is 0 Å². The van der Waals surface area contributed by atoms with Crippen LogP contribution in [0.4, 0.5) is 0 Å². The van der Waals surface area contributed by atoms with Crippen LogP contribution in [0.5, 0.6) is 0 Å². The lowest BCUT2D eigenvalue weighted by molar-refractivity contribution is 0.246. The summed E-state index contributed by atoms with van der Waals surface area (Å²) in [4.78, 5) is 0. The number of benzene rings is 1. The predicted molar refractivity (Wildman–Crippen MR) is 53.7 cm³/mol. The Hall–Kier alpha value is -0.820. The van der Waals surface area contributed by atoms with Gasteiger partial charge in [-0.2, -0.15) is 0 Å². The van der Waals surface area contributed by atoms with Crippen LogP contribution in [0.25, 0.3) is 0 Å². The second-order valence-corrected chi connectivity index (χ2v) is 4.23. The van der Waals surface area contributed by atoms with Crippen LogP contribution < -0.4 is 0 Å². The number of aliphatic hydroxyl groups is 1. The number of aliphatic hydroxyl groups excluding tert-OH is 1. The molecule has 13 heavy (non-hydrogen) atoms. The zero-order chi connectivity index (χ0) is 9.47. The zero-order valence-electron chi connectivity index (χ0n) is 8.25. The molecule has 1 aromatic rings. The lowest BCUT2D eigenvalue weighted by Crippen LogP contribution is -2.15. The maximum atomic E-state index is 9.40. The Morgan fingerprint density at radius 2 is 2.08 bits per heavy atom. The van der Waals surface area contributed by atoms with Crippen molar-refractivity contribution in [2.75, 3.05) is 6.61 Å². The molecule has 1 N–H and O–H groups in total. The number of aryl methyl sites for hydroxylation is 1. The standard InChI is InChI=1S/C12H16O/c1-9-5-3-4-6-11(9)12(8-13)7-10(12)2/h3-6,10,13H,7-8H2,1-2H3. The van der Waals surface area contributed by atoms with Gasteiger partial charge in [0.05, 0.1) is 6.61 Å². The highest BCUT2D eigenvalue weighted by Gasteiger charge is 2.52. The molecule has 0 heterocycles. The van der Waals surface area contributed by atoms with Crippen LogP contribution in [-0.4, -0.2) is 11.7 Å². The molecule has 0 saturated heterocycles. The minimum Gasteiger partial charge on any atom is -0.395 e. The molecule has 1 heteroatoms. The van der Waals surface area contributed by atoms with E-state index in [1.807, 2.05) is 0 Å². The number of rotatable bonds is 2. The van der Waals surface area contributed by atoms with Gasteiger partial charge in [-0.25, -0.2) is 0 Å². The molecule has 1 saturated carbocycles. The van der Waals surface area contributed by atoms with Crippen molar-refractivity contribution in [2.24, 2.45) is 5.92 Å². The molecule has 2 unspecified atom stereocenters. The zero-order valence-corrected chi connectivity index (χ0v) is 8.25. The average Bonchev–Trinajstić information content (AvgIpc) is 2.79. The monoisotopic (exact) mass is 176 g/mol. The molecule has 0 aliphatic heterocycles. The fraction of sp³-hybridized carbons (Fsp3) is 0.500. The fourth-order valence-electron chi connectivity index (χ4n) is 2.30. The van der Waals surface area contributed by atoms with Gasteiger partial charge in [-0.15, -0.1) is 0 Å². The van der Waals surface area contributed by atoms with Crippen molar-refractivity contribution in [3.8, 4) is 0 Å². The van der Waals surface area contributed by atoms with Crippen molar-refractivity contribution in [3.63, 3.8) is 0 Å². The second-order valence-electron chi connectivity index (χ2n) is 4.23. The first-order valence-corrected chi connectivity index (χ1v) is 4.87. The van der Waals surface area contributed by atoms with Crippen LogP contribution in [-0.2, 0) is 5.41 Å². The van der Waals surface area contributed by atoms with Crippen molar-refractivity contribution >= 4 is 0 Å². The van der Waals surface area contributed by atoms with Gasteiger partial charge in [-0.3, -0.25) is 0 Å². The van der Waals surface area contributed by atoms with Gasteiger partial charge < -0.3 is 5.11 Å².